The van der Waals surface area contributed by atoms with Gasteiger partial charge in [0, 0.05) is 12.1 Å². The van der Waals surface area contributed by atoms with Crippen LogP contribution in [-0.4, -0.2) is 39.6 Å². The van der Waals surface area contributed by atoms with Crippen LogP contribution in [0.5, 0.6) is 0 Å². The monoisotopic (exact) mass is 221 g/mol. The molecule has 0 aromatic heterocycles. The van der Waals surface area contributed by atoms with Crippen molar-refractivity contribution < 1.29 is 19.8 Å². The Kier molecular flexibility index (Phi) is 2.62. The summed E-state index contributed by atoms with van der Waals surface area (Å²) in [6.45, 7) is -0.332. The van der Waals surface area contributed by atoms with E-state index in [0.29, 0.717) is 5.56 Å². The van der Waals surface area contributed by atoms with Gasteiger partial charge in [-0.3, -0.25) is 4.79 Å². The molecule has 84 valence electrons. The Balaban J connectivity index is 2.31. The van der Waals surface area contributed by atoms with E-state index < -0.39 is 18.6 Å². The lowest BCUT2D eigenvalue weighted by Crippen LogP contribution is -2.43. The predicted octanol–water partition coefficient (Wildman–Crippen LogP) is 0.0879. The van der Waals surface area contributed by atoms with Crippen molar-refractivity contribution in [1.29, 1.82) is 0 Å². The minimum atomic E-state index is -1.19. The van der Waals surface area contributed by atoms with Crippen LogP contribution in [0.4, 0.5) is 0 Å². The van der Waals surface area contributed by atoms with Crippen molar-refractivity contribution in [2.75, 3.05) is 6.61 Å². The van der Waals surface area contributed by atoms with Gasteiger partial charge in [-0.15, -0.1) is 0 Å². The number of aliphatic carboxylic acids is 1. The first-order valence-corrected chi connectivity index (χ1v) is 4.87. The maximum atomic E-state index is 11.9. The van der Waals surface area contributed by atoms with E-state index in [2.05, 4.69) is 0 Å². The van der Waals surface area contributed by atoms with Crippen molar-refractivity contribution in [1.82, 2.24) is 4.90 Å². The second-order valence-electron chi connectivity index (χ2n) is 3.63. The van der Waals surface area contributed by atoms with Gasteiger partial charge in [-0.1, -0.05) is 18.2 Å². The van der Waals surface area contributed by atoms with Crippen LogP contribution in [0.1, 0.15) is 15.9 Å². The van der Waals surface area contributed by atoms with E-state index in [-0.39, 0.29) is 12.5 Å². The Hall–Kier alpha value is -1.88. The molecular weight excluding hydrogens is 210 g/mol. The molecule has 0 fully saturated rings. The fourth-order valence-electron chi connectivity index (χ4n) is 1.84. The highest BCUT2D eigenvalue weighted by Gasteiger charge is 2.35. The second kappa shape index (κ2) is 3.94. The normalized spacial score (nSPS) is 16.1. The van der Waals surface area contributed by atoms with E-state index in [9.17, 15) is 9.59 Å². The van der Waals surface area contributed by atoms with Gasteiger partial charge >= 0.3 is 5.97 Å². The number of nitrogens with zero attached hydrogens (tertiary/aromatic N) is 1. The largest absolute Gasteiger partial charge is 0.480 e. The standard InChI is InChI=1S/C11H11NO4/c13-6-9(11(15)16)12-5-7-3-1-2-4-8(7)10(12)14/h1-4,9,13H,5-6H2,(H,15,16)/t9-/m0/s1. The highest BCUT2D eigenvalue weighted by Crippen LogP contribution is 2.24. The molecule has 0 saturated heterocycles. The fourth-order valence-corrected chi connectivity index (χ4v) is 1.84. The minimum absolute atomic E-state index is 0.243. The molecule has 1 aliphatic heterocycles. The number of rotatable bonds is 3. The van der Waals surface area contributed by atoms with Crippen LogP contribution in [0.15, 0.2) is 24.3 Å². The summed E-state index contributed by atoms with van der Waals surface area (Å²) in [6.07, 6.45) is 0. The summed E-state index contributed by atoms with van der Waals surface area (Å²) >= 11 is 0. The summed E-state index contributed by atoms with van der Waals surface area (Å²) in [6, 6.07) is 5.80. The molecule has 1 aromatic rings. The Morgan fingerprint density at radius 2 is 2.12 bits per heavy atom. The smallest absolute Gasteiger partial charge is 0.328 e. The van der Waals surface area contributed by atoms with Gasteiger partial charge in [0.25, 0.3) is 5.91 Å². The van der Waals surface area contributed by atoms with Crippen LogP contribution in [0, 0.1) is 0 Å². The van der Waals surface area contributed by atoms with E-state index in [0.717, 1.165) is 5.56 Å². The SMILES string of the molecule is O=C(O)[C@H](CO)N1Cc2ccccc2C1=O. The number of carboxylic acids is 1. The van der Waals surface area contributed by atoms with E-state index in [4.69, 9.17) is 10.2 Å². The van der Waals surface area contributed by atoms with Gasteiger partial charge in [-0.25, -0.2) is 4.79 Å². The van der Waals surface area contributed by atoms with Crippen LogP contribution < -0.4 is 0 Å². The molecule has 5 nitrogen and oxygen atoms in total. The fraction of sp³-hybridized carbons (Fsp3) is 0.273. The molecule has 16 heavy (non-hydrogen) atoms. The van der Waals surface area contributed by atoms with Crippen molar-refractivity contribution in [2.24, 2.45) is 0 Å². The number of aliphatic hydroxyl groups is 1. The predicted molar refractivity (Wildman–Crippen MR) is 54.8 cm³/mol. The Morgan fingerprint density at radius 1 is 1.44 bits per heavy atom. The van der Waals surface area contributed by atoms with Crippen molar-refractivity contribution in [3.8, 4) is 0 Å². The number of carbonyl (C=O) groups excluding carboxylic acids is 1. The molecule has 1 amide bonds. The van der Waals surface area contributed by atoms with Gasteiger partial charge in [-0.05, 0) is 11.6 Å². The topological polar surface area (TPSA) is 77.8 Å². The first kappa shape index (κ1) is 10.6. The minimum Gasteiger partial charge on any atom is -0.480 e. The molecule has 5 heteroatoms. The Morgan fingerprint density at radius 3 is 2.69 bits per heavy atom. The zero-order chi connectivity index (χ0) is 11.7. The first-order valence-electron chi connectivity index (χ1n) is 4.87. The van der Waals surface area contributed by atoms with Gasteiger partial charge in [0.2, 0.25) is 0 Å². The summed E-state index contributed by atoms with van der Waals surface area (Å²) in [5, 5.41) is 17.9. The molecule has 2 rings (SSSR count). The van der Waals surface area contributed by atoms with Crippen LogP contribution in [0.2, 0.25) is 0 Å². The number of fused-ring (bicyclic) bond motifs is 1. The summed E-state index contributed by atoms with van der Waals surface area (Å²) in [5.41, 5.74) is 1.31. The molecule has 1 aliphatic rings. The number of aliphatic hydroxyl groups excluding tert-OH is 1. The van der Waals surface area contributed by atoms with Crippen molar-refractivity contribution in [2.45, 2.75) is 12.6 Å². The molecule has 0 spiro atoms. The molecule has 0 bridgehead atoms. The highest BCUT2D eigenvalue weighted by atomic mass is 16.4. The summed E-state index contributed by atoms with van der Waals surface area (Å²) in [5.74, 6) is -1.53. The number of amides is 1. The van der Waals surface area contributed by atoms with E-state index >= 15 is 0 Å². The summed E-state index contributed by atoms with van der Waals surface area (Å²) in [4.78, 5) is 23.9. The number of hydrogen-bond donors (Lipinski definition) is 2. The molecule has 1 aromatic carbocycles. The van der Waals surface area contributed by atoms with Crippen molar-refractivity contribution in [3.63, 3.8) is 0 Å². The van der Waals surface area contributed by atoms with Crippen LogP contribution >= 0.6 is 0 Å². The molecule has 0 saturated carbocycles. The molecule has 0 radical (unpaired) electrons. The van der Waals surface area contributed by atoms with Gasteiger partial charge in [-0.2, -0.15) is 0 Å². The van der Waals surface area contributed by atoms with Crippen LogP contribution in [0.25, 0.3) is 0 Å². The van der Waals surface area contributed by atoms with Crippen LogP contribution in [0.3, 0.4) is 0 Å². The molecular formula is C11H11NO4. The quantitative estimate of drug-likeness (QED) is 0.758. The van der Waals surface area contributed by atoms with Gasteiger partial charge in [0.15, 0.2) is 6.04 Å². The van der Waals surface area contributed by atoms with E-state index in [1.165, 1.54) is 4.90 Å². The average molecular weight is 221 g/mol. The number of carboxylic acid groups (broad SMARTS) is 1. The third-order valence-corrected chi connectivity index (χ3v) is 2.68. The Bertz CT molecular complexity index is 443. The second-order valence-corrected chi connectivity index (χ2v) is 3.63. The lowest BCUT2D eigenvalue weighted by atomic mass is 10.1. The molecule has 2 N–H and O–H groups in total. The lowest BCUT2D eigenvalue weighted by Gasteiger charge is -2.21. The summed E-state index contributed by atoms with van der Waals surface area (Å²) < 4.78 is 0. The maximum absolute atomic E-state index is 11.9. The number of benzene rings is 1. The van der Waals surface area contributed by atoms with Crippen LogP contribution in [-0.2, 0) is 11.3 Å². The summed E-state index contributed by atoms with van der Waals surface area (Å²) in [7, 11) is 0. The molecule has 1 heterocycles. The molecule has 0 unspecified atom stereocenters. The maximum Gasteiger partial charge on any atom is 0.328 e. The first-order chi connectivity index (χ1) is 7.65. The van der Waals surface area contributed by atoms with Crippen molar-refractivity contribution in [3.05, 3.63) is 35.4 Å². The zero-order valence-corrected chi connectivity index (χ0v) is 8.46. The third kappa shape index (κ3) is 1.55. The molecule has 0 aliphatic carbocycles. The van der Waals surface area contributed by atoms with E-state index in [1.807, 2.05) is 0 Å². The highest BCUT2D eigenvalue weighted by molar-refractivity contribution is 6.00. The number of carbonyl (C=O) groups is 2. The lowest BCUT2D eigenvalue weighted by molar-refractivity contribution is -0.143. The van der Waals surface area contributed by atoms with Crippen molar-refractivity contribution >= 4 is 11.9 Å². The van der Waals surface area contributed by atoms with Gasteiger partial charge in [0.05, 0.1) is 6.61 Å². The van der Waals surface area contributed by atoms with E-state index in [1.54, 1.807) is 24.3 Å². The van der Waals surface area contributed by atoms with Gasteiger partial charge in [0.1, 0.15) is 0 Å². The average Bonchev–Trinajstić information content (AvgIpc) is 2.58. The van der Waals surface area contributed by atoms with Gasteiger partial charge < -0.3 is 15.1 Å². The third-order valence-electron chi connectivity index (χ3n) is 2.68. The molecule has 1 atom stereocenters. The number of hydrogen-bond acceptors (Lipinski definition) is 3. The Labute approximate surface area is 91.9 Å². The zero-order valence-electron chi connectivity index (χ0n) is 8.46.